The number of imidazole rings is 1. The molecule has 6 amide bonds. The van der Waals surface area contributed by atoms with Gasteiger partial charge in [-0.25, -0.2) is 19.6 Å². The van der Waals surface area contributed by atoms with Gasteiger partial charge in [-0.15, -0.1) is 0 Å². The van der Waals surface area contributed by atoms with Crippen LogP contribution in [0.3, 0.4) is 0 Å². The maximum Gasteiger partial charge on any atom is 0.414 e. The normalized spacial score (nSPS) is 11.6. The van der Waals surface area contributed by atoms with Crippen molar-refractivity contribution in [2.75, 3.05) is 43.7 Å². The number of fused-ring (bicyclic) bond motifs is 1. The fourth-order valence-corrected chi connectivity index (χ4v) is 7.40. The van der Waals surface area contributed by atoms with Gasteiger partial charge in [-0.3, -0.25) is 49.5 Å². The van der Waals surface area contributed by atoms with Crippen LogP contribution in [0.15, 0.2) is 70.7 Å². The van der Waals surface area contributed by atoms with Crippen molar-refractivity contribution in [1.29, 1.82) is 0 Å². The van der Waals surface area contributed by atoms with Gasteiger partial charge in [0.15, 0.2) is 0 Å². The molecule has 0 radical (unpaired) electrons. The molecule has 25 nitrogen and oxygen atoms in total. The molecule has 5 rings (SSSR count). The van der Waals surface area contributed by atoms with Crippen LogP contribution in [0.2, 0.25) is 0 Å². The minimum Gasteiger partial charge on any atom is -0.494 e. The largest absolute Gasteiger partial charge is 0.494 e. The number of rotatable bonds is 21. The minimum atomic E-state index is -0.857. The van der Waals surface area contributed by atoms with Crippen LogP contribution >= 0.6 is 0 Å². The van der Waals surface area contributed by atoms with E-state index in [1.165, 1.54) is 31.4 Å². The molecule has 8 N–H and O–H groups in total. The van der Waals surface area contributed by atoms with Crippen molar-refractivity contribution in [3.63, 3.8) is 0 Å². The first-order chi connectivity index (χ1) is 35.8. The van der Waals surface area contributed by atoms with Crippen molar-refractivity contribution in [3.8, 4) is 11.5 Å². The number of carbonyl (C=O) groups is 6. The predicted octanol–water partition coefficient (Wildman–Crippen LogP) is 5.67. The molecule has 0 aliphatic heterocycles. The monoisotopic (exact) mass is 1050 g/mol. The van der Waals surface area contributed by atoms with Gasteiger partial charge in [-0.05, 0) is 118 Å². The molecule has 0 bridgehead atoms. The number of benzene rings is 2. The zero-order valence-corrected chi connectivity index (χ0v) is 44.7. The number of alkyl carbamates (subject to hydrolysis) is 2. The van der Waals surface area contributed by atoms with Gasteiger partial charge < -0.3 is 45.2 Å². The first-order valence-corrected chi connectivity index (χ1v) is 24.1. The molecule has 0 saturated heterocycles. The van der Waals surface area contributed by atoms with Crippen LogP contribution in [-0.4, -0.2) is 122 Å². The molecule has 0 unspecified atom stereocenters. The van der Waals surface area contributed by atoms with Crippen LogP contribution in [0, 0.1) is 13.8 Å². The summed E-state index contributed by atoms with van der Waals surface area (Å²) >= 11 is 0. The Balaban J connectivity index is 1.52. The van der Waals surface area contributed by atoms with E-state index < -0.39 is 47.0 Å². The quantitative estimate of drug-likeness (QED) is 0.0223. The first kappa shape index (κ1) is 57.9. The number of ether oxygens (including phenoxy) is 4. The number of hydrogen-bond donors (Lipinski definition) is 6. The van der Waals surface area contributed by atoms with E-state index in [1.807, 2.05) is 13.8 Å². The lowest BCUT2D eigenvalue weighted by molar-refractivity contribution is 0.0543. The lowest BCUT2D eigenvalue weighted by Gasteiger charge is -2.27. The molecule has 3 aromatic heterocycles. The summed E-state index contributed by atoms with van der Waals surface area (Å²) in [6, 6.07) is 9.19. The Bertz CT molecular complexity index is 3050. The molecule has 3 heterocycles. The van der Waals surface area contributed by atoms with Crippen molar-refractivity contribution in [1.82, 2.24) is 45.1 Å². The van der Waals surface area contributed by atoms with Crippen LogP contribution in [0.4, 0.5) is 26.9 Å². The molecular weight excluding hydrogens is 983 g/mol. The maximum atomic E-state index is 14.0. The van der Waals surface area contributed by atoms with Gasteiger partial charge in [0.1, 0.15) is 51.9 Å². The smallest absolute Gasteiger partial charge is 0.414 e. The topological polar surface area (TPSA) is 321 Å². The lowest BCUT2D eigenvalue weighted by atomic mass is 10.1. The van der Waals surface area contributed by atoms with Crippen molar-refractivity contribution in [3.05, 3.63) is 94.6 Å². The maximum absolute atomic E-state index is 14.0. The van der Waals surface area contributed by atoms with E-state index in [0.29, 0.717) is 41.4 Å². The standard InChI is InChI=1S/C51H67N15O10/c1-13-65-36(23-30(3)61-65)44(69)56-29-63(40-34(54-11)25-32(42(52)67)27-38(40)73-12)20-16-17-21-64-41-35(57-47(64)58-45(70)37-24-31(4)62-66(37)14-2)26-33(43(53)68)28-39(41)74-22-18-15-19-55-46(59-48(71)75-50(5,6)7)60-49(72)76-51(8,9)10/h15-18,23-28H,11,13-14,19-22,29H2,1-10,12H3,(H2,52,67)(H2,53,68)(H,56,69)(H,57,58,70)(H2,55,59,60,71,72)/b17-16+,18-15+. The predicted molar refractivity (Wildman–Crippen MR) is 287 cm³/mol. The number of nitrogens with zero attached hydrogens (tertiary/aromatic N) is 9. The number of aryl methyl sites for hydroxylation is 4. The van der Waals surface area contributed by atoms with Crippen LogP contribution in [-0.2, 0) is 29.1 Å². The molecule has 0 fully saturated rings. The SMILES string of the molecule is C=Nc1cc(C(N)=O)cc(OC)c1N(C/C=C/Cn1c(NC(=O)c2cc(C)nn2CC)nc2cc(C(N)=O)cc(OC/C=C/CN=C(NC(=O)OC(C)(C)C)NC(=O)OC(C)(C)C)c21)CNC(=O)c1cc(C)nn1CC. The van der Waals surface area contributed by atoms with Gasteiger partial charge >= 0.3 is 12.2 Å². The van der Waals surface area contributed by atoms with Crippen LogP contribution in [0.25, 0.3) is 11.0 Å². The highest BCUT2D eigenvalue weighted by Crippen LogP contribution is 2.39. The van der Waals surface area contributed by atoms with Crippen LogP contribution in [0.1, 0.15) is 108 Å². The van der Waals surface area contributed by atoms with Crippen molar-refractivity contribution in [2.24, 2.45) is 21.5 Å². The Kier molecular flexibility index (Phi) is 19.2. The number of hydrogen-bond acceptors (Lipinski definition) is 16. The van der Waals surface area contributed by atoms with E-state index in [9.17, 15) is 28.8 Å². The molecule has 0 atom stereocenters. The third-order valence-electron chi connectivity index (χ3n) is 10.5. The van der Waals surface area contributed by atoms with Gasteiger partial charge in [-0.2, -0.15) is 10.2 Å². The number of amides is 6. The fourth-order valence-electron chi connectivity index (χ4n) is 7.40. The average Bonchev–Trinajstić information content (AvgIpc) is 4.03. The van der Waals surface area contributed by atoms with Crippen molar-refractivity contribution < 1.29 is 47.7 Å². The summed E-state index contributed by atoms with van der Waals surface area (Å²) in [5, 5.41) is 19.5. The number of carbonyl (C=O) groups excluding carboxylic acids is 6. The number of nitrogens with two attached hydrogens (primary N) is 2. The highest BCUT2D eigenvalue weighted by Gasteiger charge is 2.25. The van der Waals surface area contributed by atoms with E-state index in [0.717, 1.165) is 0 Å². The number of aromatic nitrogens is 6. The van der Waals surface area contributed by atoms with E-state index in [1.54, 1.807) is 111 Å². The lowest BCUT2D eigenvalue weighted by Crippen LogP contribution is -2.47. The Morgan fingerprint density at radius 1 is 0.763 bits per heavy atom. The number of aliphatic imine (C=N–C) groups is 2. The summed E-state index contributed by atoms with van der Waals surface area (Å²) in [7, 11) is 1.42. The summed E-state index contributed by atoms with van der Waals surface area (Å²) in [5.41, 5.74) is 13.1. The minimum absolute atomic E-state index is 0.0482. The van der Waals surface area contributed by atoms with Crippen LogP contribution < -0.4 is 47.1 Å². The Morgan fingerprint density at radius 3 is 1.87 bits per heavy atom. The molecule has 0 aliphatic carbocycles. The van der Waals surface area contributed by atoms with Gasteiger partial charge in [0, 0.05) is 37.3 Å². The van der Waals surface area contributed by atoms with E-state index in [-0.39, 0.29) is 84.3 Å². The van der Waals surface area contributed by atoms with Gasteiger partial charge in [-0.1, -0.05) is 18.2 Å². The molecule has 0 saturated carbocycles. The van der Waals surface area contributed by atoms with Gasteiger partial charge in [0.25, 0.3) is 11.8 Å². The van der Waals surface area contributed by atoms with E-state index in [4.69, 9.17) is 35.4 Å². The summed E-state index contributed by atoms with van der Waals surface area (Å²) in [4.78, 5) is 92.8. The zero-order valence-electron chi connectivity index (χ0n) is 44.7. The Hall–Kier alpha value is -9.03. The summed E-state index contributed by atoms with van der Waals surface area (Å²) in [6.07, 6.45) is 5.08. The number of guanidine groups is 1. The Morgan fingerprint density at radius 2 is 1.33 bits per heavy atom. The van der Waals surface area contributed by atoms with Crippen LogP contribution in [0.5, 0.6) is 11.5 Å². The zero-order chi connectivity index (χ0) is 56.1. The first-order valence-electron chi connectivity index (χ1n) is 24.1. The third kappa shape index (κ3) is 15.7. The number of nitrogens with one attached hydrogen (secondary N) is 4. The van der Waals surface area contributed by atoms with Gasteiger partial charge in [0.2, 0.25) is 23.7 Å². The number of methoxy groups -OCH3 is 1. The highest BCUT2D eigenvalue weighted by molar-refractivity contribution is 6.04. The molecule has 0 aliphatic rings. The van der Waals surface area contributed by atoms with E-state index >= 15 is 0 Å². The summed E-state index contributed by atoms with van der Waals surface area (Å²) in [6.45, 7) is 21.9. The fraction of sp³-hybridized carbons (Fsp3) is 0.392. The number of anilines is 2. The molecule has 406 valence electrons. The average molecular weight is 1050 g/mol. The molecule has 76 heavy (non-hydrogen) atoms. The molecular formula is C51H67N15O10. The second-order valence-corrected chi connectivity index (χ2v) is 18.8. The summed E-state index contributed by atoms with van der Waals surface area (Å²) < 4.78 is 27.5. The Labute approximate surface area is 439 Å². The van der Waals surface area contributed by atoms with Crippen molar-refractivity contribution >= 4 is 76.8 Å². The summed E-state index contributed by atoms with van der Waals surface area (Å²) in [5.74, 6) is -2.14. The molecule has 25 heteroatoms. The second-order valence-electron chi connectivity index (χ2n) is 18.8. The van der Waals surface area contributed by atoms with E-state index in [2.05, 4.69) is 48.2 Å². The third-order valence-corrected chi connectivity index (χ3v) is 10.5. The number of primary amides is 2. The molecule has 0 spiro atoms. The highest BCUT2D eigenvalue weighted by atomic mass is 16.6. The molecule has 5 aromatic rings. The second kappa shape index (κ2) is 25.3. The van der Waals surface area contributed by atoms with Gasteiger partial charge in [0.05, 0.1) is 42.9 Å². The van der Waals surface area contributed by atoms with Crippen molar-refractivity contribution in [2.45, 2.75) is 100 Å². The number of allylic oxidation sites excluding steroid dienone is 1. The molecule has 2 aromatic carbocycles.